The molecule has 1 aromatic rings. The summed E-state index contributed by atoms with van der Waals surface area (Å²) in [6.07, 6.45) is 0. The molecule has 0 aliphatic carbocycles. The summed E-state index contributed by atoms with van der Waals surface area (Å²) in [5, 5.41) is 5.07. The third-order valence-electron chi connectivity index (χ3n) is 2.69. The highest BCUT2D eigenvalue weighted by atomic mass is 19.1. The van der Waals surface area contributed by atoms with Crippen molar-refractivity contribution in [2.45, 2.75) is 33.7 Å². The molecule has 1 atom stereocenters. The molecule has 0 heterocycles. The maximum Gasteiger partial charge on any atom is 0.247 e. The van der Waals surface area contributed by atoms with Gasteiger partial charge in [0.05, 0.1) is 5.69 Å². The summed E-state index contributed by atoms with van der Waals surface area (Å²) in [5.74, 6) is -1.30. The van der Waals surface area contributed by atoms with E-state index in [1.807, 2.05) is 20.8 Å². The van der Waals surface area contributed by atoms with Gasteiger partial charge in [-0.1, -0.05) is 19.9 Å². The lowest BCUT2D eigenvalue weighted by atomic mass is 10.0. The topological polar surface area (TPSA) is 58.2 Å². The maximum atomic E-state index is 13.6. The summed E-state index contributed by atoms with van der Waals surface area (Å²) in [7, 11) is 0. The zero-order valence-corrected chi connectivity index (χ0v) is 11.6. The van der Waals surface area contributed by atoms with Gasteiger partial charge in [0.15, 0.2) is 0 Å². The monoisotopic (exact) mass is 266 g/mol. The number of carbonyl (C=O) groups is 2. The molecule has 1 rings (SSSR count). The zero-order valence-electron chi connectivity index (χ0n) is 11.6. The number of aryl methyl sites for hydroxylation is 1. The Hall–Kier alpha value is -1.91. The number of hydrogen-bond donors (Lipinski definition) is 2. The summed E-state index contributed by atoms with van der Waals surface area (Å²) in [5.41, 5.74) is 0.971. The van der Waals surface area contributed by atoms with Crippen LogP contribution < -0.4 is 10.6 Å². The molecule has 19 heavy (non-hydrogen) atoms. The van der Waals surface area contributed by atoms with Crippen LogP contribution in [0.5, 0.6) is 0 Å². The fraction of sp³-hybridized carbons (Fsp3) is 0.429. The molecule has 0 radical (unpaired) electrons. The second-order valence-corrected chi connectivity index (χ2v) is 4.89. The average molecular weight is 266 g/mol. The first-order valence-corrected chi connectivity index (χ1v) is 6.15. The van der Waals surface area contributed by atoms with Crippen molar-refractivity contribution >= 4 is 17.5 Å². The molecule has 0 aromatic heterocycles. The van der Waals surface area contributed by atoms with Gasteiger partial charge in [-0.25, -0.2) is 4.39 Å². The number of amides is 2. The Kier molecular flexibility index (Phi) is 5.03. The van der Waals surface area contributed by atoms with Gasteiger partial charge in [0.25, 0.3) is 0 Å². The van der Waals surface area contributed by atoms with Crippen LogP contribution in [-0.2, 0) is 9.59 Å². The summed E-state index contributed by atoms with van der Waals surface area (Å²) in [6, 6.07) is 3.79. The van der Waals surface area contributed by atoms with E-state index in [0.29, 0.717) is 0 Å². The molecule has 0 saturated carbocycles. The lowest BCUT2D eigenvalue weighted by Gasteiger charge is -2.21. The van der Waals surface area contributed by atoms with Crippen molar-refractivity contribution in [2.75, 3.05) is 5.32 Å². The Labute approximate surface area is 112 Å². The quantitative estimate of drug-likeness (QED) is 0.878. The van der Waals surface area contributed by atoms with Crippen LogP contribution in [0.15, 0.2) is 18.2 Å². The Balaban J connectivity index is 2.87. The normalized spacial score (nSPS) is 12.1. The molecular formula is C14H19FN2O2. The minimum atomic E-state index is -0.683. The summed E-state index contributed by atoms with van der Waals surface area (Å²) in [4.78, 5) is 23.1. The van der Waals surface area contributed by atoms with Crippen molar-refractivity contribution in [3.05, 3.63) is 29.6 Å². The number of rotatable bonds is 4. The predicted octanol–water partition coefficient (Wildman–Crippen LogP) is 2.23. The fourth-order valence-electron chi connectivity index (χ4n) is 1.70. The average Bonchev–Trinajstić information content (AvgIpc) is 2.30. The highest BCUT2D eigenvalue weighted by Gasteiger charge is 2.23. The van der Waals surface area contributed by atoms with Gasteiger partial charge in [0.1, 0.15) is 11.9 Å². The Bertz CT molecular complexity index is 486. The largest absolute Gasteiger partial charge is 0.344 e. The zero-order chi connectivity index (χ0) is 14.6. The van der Waals surface area contributed by atoms with Crippen LogP contribution in [0, 0.1) is 18.7 Å². The van der Waals surface area contributed by atoms with Crippen LogP contribution in [0.4, 0.5) is 10.1 Å². The molecule has 1 unspecified atom stereocenters. The Morgan fingerprint density at radius 3 is 2.42 bits per heavy atom. The lowest BCUT2D eigenvalue weighted by molar-refractivity contribution is -0.126. The molecular weight excluding hydrogens is 247 g/mol. The van der Waals surface area contributed by atoms with Crippen LogP contribution in [0.2, 0.25) is 0 Å². The number of benzene rings is 1. The van der Waals surface area contributed by atoms with Gasteiger partial charge in [-0.3, -0.25) is 9.59 Å². The SMILES string of the molecule is CC(=O)NC(C(=O)Nc1cc(C)ccc1F)C(C)C. The van der Waals surface area contributed by atoms with Gasteiger partial charge in [-0.2, -0.15) is 0 Å². The van der Waals surface area contributed by atoms with Gasteiger partial charge in [-0.05, 0) is 30.5 Å². The molecule has 0 aliphatic rings. The van der Waals surface area contributed by atoms with Crippen molar-refractivity contribution in [3.63, 3.8) is 0 Å². The number of hydrogen-bond acceptors (Lipinski definition) is 2. The lowest BCUT2D eigenvalue weighted by Crippen LogP contribution is -2.46. The van der Waals surface area contributed by atoms with Crippen molar-refractivity contribution in [1.82, 2.24) is 5.32 Å². The van der Waals surface area contributed by atoms with Crippen molar-refractivity contribution in [1.29, 1.82) is 0 Å². The Morgan fingerprint density at radius 2 is 1.89 bits per heavy atom. The molecule has 0 fully saturated rings. The van der Waals surface area contributed by atoms with E-state index in [1.165, 1.54) is 13.0 Å². The van der Waals surface area contributed by atoms with E-state index in [9.17, 15) is 14.0 Å². The molecule has 0 spiro atoms. The van der Waals surface area contributed by atoms with Gasteiger partial charge in [0, 0.05) is 6.92 Å². The number of anilines is 1. The molecule has 5 heteroatoms. The van der Waals surface area contributed by atoms with Crippen molar-refractivity contribution < 1.29 is 14.0 Å². The van der Waals surface area contributed by atoms with E-state index >= 15 is 0 Å². The van der Waals surface area contributed by atoms with Crippen LogP contribution in [0.25, 0.3) is 0 Å². The fourth-order valence-corrected chi connectivity index (χ4v) is 1.70. The molecule has 0 saturated heterocycles. The first-order chi connectivity index (χ1) is 8.81. The molecule has 4 nitrogen and oxygen atoms in total. The van der Waals surface area contributed by atoms with E-state index in [-0.39, 0.29) is 17.5 Å². The van der Waals surface area contributed by atoms with Gasteiger partial charge >= 0.3 is 0 Å². The summed E-state index contributed by atoms with van der Waals surface area (Å²) < 4.78 is 13.6. The number of halogens is 1. The van der Waals surface area contributed by atoms with Crippen LogP contribution in [0.1, 0.15) is 26.3 Å². The van der Waals surface area contributed by atoms with Crippen molar-refractivity contribution in [3.8, 4) is 0 Å². The first-order valence-electron chi connectivity index (χ1n) is 6.15. The first kappa shape index (κ1) is 15.1. The Morgan fingerprint density at radius 1 is 1.26 bits per heavy atom. The molecule has 2 N–H and O–H groups in total. The minimum Gasteiger partial charge on any atom is -0.344 e. The van der Waals surface area contributed by atoms with E-state index in [4.69, 9.17) is 0 Å². The molecule has 2 amide bonds. The van der Waals surface area contributed by atoms with Crippen LogP contribution >= 0.6 is 0 Å². The minimum absolute atomic E-state index is 0.0863. The predicted molar refractivity (Wildman–Crippen MR) is 72.2 cm³/mol. The molecule has 0 bridgehead atoms. The van der Waals surface area contributed by atoms with E-state index < -0.39 is 17.8 Å². The highest BCUT2D eigenvalue weighted by Crippen LogP contribution is 2.16. The van der Waals surface area contributed by atoms with Gasteiger partial charge in [-0.15, -0.1) is 0 Å². The van der Waals surface area contributed by atoms with E-state index in [0.717, 1.165) is 5.56 Å². The van der Waals surface area contributed by atoms with Gasteiger partial charge < -0.3 is 10.6 Å². The standard InChI is InChI=1S/C14H19FN2O2/c1-8(2)13(16-10(4)18)14(19)17-12-7-9(3)5-6-11(12)15/h5-8,13H,1-4H3,(H,16,18)(H,17,19). The highest BCUT2D eigenvalue weighted by molar-refractivity contribution is 5.97. The van der Waals surface area contributed by atoms with Gasteiger partial charge in [0.2, 0.25) is 11.8 Å². The second kappa shape index (κ2) is 6.31. The third kappa shape index (κ3) is 4.35. The molecule has 1 aromatic carbocycles. The molecule has 0 aliphatic heterocycles. The third-order valence-corrected chi connectivity index (χ3v) is 2.69. The molecule has 104 valence electrons. The van der Waals surface area contributed by atoms with Crippen molar-refractivity contribution in [2.24, 2.45) is 5.92 Å². The maximum absolute atomic E-state index is 13.6. The second-order valence-electron chi connectivity index (χ2n) is 4.89. The summed E-state index contributed by atoms with van der Waals surface area (Å²) in [6.45, 7) is 6.78. The summed E-state index contributed by atoms with van der Waals surface area (Å²) >= 11 is 0. The number of carbonyl (C=O) groups excluding carboxylic acids is 2. The number of nitrogens with one attached hydrogen (secondary N) is 2. The van der Waals surface area contributed by atoms with E-state index in [2.05, 4.69) is 10.6 Å². The van der Waals surface area contributed by atoms with Crippen LogP contribution in [-0.4, -0.2) is 17.9 Å². The van der Waals surface area contributed by atoms with E-state index in [1.54, 1.807) is 12.1 Å². The van der Waals surface area contributed by atoms with Crippen LogP contribution in [0.3, 0.4) is 0 Å². The smallest absolute Gasteiger partial charge is 0.247 e.